The van der Waals surface area contributed by atoms with Gasteiger partial charge >= 0.3 is 0 Å². The highest BCUT2D eigenvalue weighted by Crippen LogP contribution is 2.19. The lowest BCUT2D eigenvalue weighted by molar-refractivity contribution is 0.921. The number of rotatable bonds is 8. The molecule has 2 N–H and O–H groups in total. The van der Waals surface area contributed by atoms with Crippen LogP contribution in [0.25, 0.3) is 0 Å². The van der Waals surface area contributed by atoms with Gasteiger partial charge in [-0.05, 0) is 19.1 Å². The third-order valence-electron chi connectivity index (χ3n) is 2.81. The Balaban J connectivity index is 2.03. The van der Waals surface area contributed by atoms with Crippen LogP contribution in [0.1, 0.15) is 30.2 Å². The van der Waals surface area contributed by atoms with Gasteiger partial charge in [0.15, 0.2) is 5.16 Å². The lowest BCUT2D eigenvalue weighted by atomic mass is 10.4. The van der Waals surface area contributed by atoms with E-state index in [-0.39, 0.29) is 0 Å². The van der Waals surface area contributed by atoms with E-state index in [2.05, 4.69) is 39.4 Å². The average Bonchev–Trinajstić information content (AvgIpc) is 2.98. The van der Waals surface area contributed by atoms with Crippen LogP contribution in [0.3, 0.4) is 0 Å². The number of thioether (sulfide) groups is 1. The number of nitrogens with one attached hydrogen (secondary N) is 2. The second-order valence-corrected chi connectivity index (χ2v) is 6.45. The summed E-state index contributed by atoms with van der Waals surface area (Å²) >= 11 is 3.29. The summed E-state index contributed by atoms with van der Waals surface area (Å²) in [6.07, 6.45) is 6.04. The van der Waals surface area contributed by atoms with Gasteiger partial charge in [-0.1, -0.05) is 25.6 Å². The van der Waals surface area contributed by atoms with Gasteiger partial charge in [-0.15, -0.1) is 11.3 Å². The van der Waals surface area contributed by atoms with Crippen LogP contribution >= 0.6 is 23.1 Å². The third kappa shape index (κ3) is 4.86. The molecule has 2 heterocycles. The number of aromatic nitrogens is 3. The first kappa shape index (κ1) is 16.0. The Kier molecular flexibility index (Phi) is 6.25. The molecule has 2 aromatic rings. The standard InChI is InChI=1S/C14H21N5S2/c1-4-6-15-11-7-12(19-14(18-11)20-3)16-9-13-17-8-10(5-2)21-13/h7-8H,4-6,9H2,1-3H3,(H2,15,16,18,19). The van der Waals surface area contributed by atoms with E-state index >= 15 is 0 Å². The van der Waals surface area contributed by atoms with Crippen LogP contribution in [-0.4, -0.2) is 27.8 Å². The third-order valence-corrected chi connectivity index (χ3v) is 4.50. The fraction of sp³-hybridized carbons (Fsp3) is 0.500. The molecule has 0 aliphatic heterocycles. The Morgan fingerprint density at radius 3 is 2.57 bits per heavy atom. The zero-order valence-electron chi connectivity index (χ0n) is 12.6. The van der Waals surface area contributed by atoms with Gasteiger partial charge in [-0.3, -0.25) is 0 Å². The van der Waals surface area contributed by atoms with Gasteiger partial charge in [-0.2, -0.15) is 0 Å². The van der Waals surface area contributed by atoms with Gasteiger partial charge in [0, 0.05) is 23.7 Å². The summed E-state index contributed by atoms with van der Waals surface area (Å²) in [4.78, 5) is 14.6. The van der Waals surface area contributed by atoms with E-state index in [1.807, 2.05) is 18.5 Å². The smallest absolute Gasteiger partial charge is 0.191 e. The van der Waals surface area contributed by atoms with Crippen molar-refractivity contribution in [2.24, 2.45) is 0 Å². The highest BCUT2D eigenvalue weighted by atomic mass is 32.2. The van der Waals surface area contributed by atoms with E-state index in [9.17, 15) is 0 Å². The highest BCUT2D eigenvalue weighted by Gasteiger charge is 2.05. The topological polar surface area (TPSA) is 62.7 Å². The lowest BCUT2D eigenvalue weighted by Gasteiger charge is -2.09. The minimum atomic E-state index is 0.697. The molecule has 5 nitrogen and oxygen atoms in total. The van der Waals surface area contributed by atoms with Crippen molar-refractivity contribution in [3.63, 3.8) is 0 Å². The summed E-state index contributed by atoms with van der Waals surface area (Å²) in [5.41, 5.74) is 0. The molecule has 0 atom stereocenters. The Morgan fingerprint density at radius 2 is 1.95 bits per heavy atom. The predicted octanol–water partition coefficient (Wildman–Crippen LogP) is 3.65. The number of hydrogen-bond acceptors (Lipinski definition) is 7. The maximum Gasteiger partial charge on any atom is 0.191 e. The van der Waals surface area contributed by atoms with Crippen molar-refractivity contribution in [3.05, 3.63) is 22.1 Å². The number of aryl methyl sites for hydroxylation is 1. The first-order valence-corrected chi connectivity index (χ1v) is 9.13. The second-order valence-electron chi connectivity index (χ2n) is 4.48. The monoisotopic (exact) mass is 323 g/mol. The largest absolute Gasteiger partial charge is 0.370 e. The van der Waals surface area contributed by atoms with Crippen molar-refractivity contribution in [1.82, 2.24) is 15.0 Å². The number of thiazole rings is 1. The molecule has 0 unspecified atom stereocenters. The quantitative estimate of drug-likeness (QED) is 0.571. The normalized spacial score (nSPS) is 10.6. The molecule has 0 saturated carbocycles. The maximum absolute atomic E-state index is 4.48. The number of nitrogens with zero attached hydrogens (tertiary/aromatic N) is 3. The summed E-state index contributed by atoms with van der Waals surface area (Å²) in [7, 11) is 0. The van der Waals surface area contributed by atoms with Crippen LogP contribution in [0.4, 0.5) is 11.6 Å². The molecule has 2 aromatic heterocycles. The van der Waals surface area contributed by atoms with Crippen LogP contribution in [0.5, 0.6) is 0 Å². The Hall–Kier alpha value is -1.34. The van der Waals surface area contributed by atoms with Gasteiger partial charge in [0.05, 0.1) is 6.54 Å². The zero-order chi connectivity index (χ0) is 15.1. The zero-order valence-corrected chi connectivity index (χ0v) is 14.3. The molecule has 0 bridgehead atoms. The van der Waals surface area contributed by atoms with E-state index in [0.717, 1.165) is 41.2 Å². The van der Waals surface area contributed by atoms with Crippen LogP contribution in [0.15, 0.2) is 17.4 Å². The molecule has 114 valence electrons. The minimum Gasteiger partial charge on any atom is -0.370 e. The molecule has 0 aromatic carbocycles. The van der Waals surface area contributed by atoms with Crippen molar-refractivity contribution >= 4 is 34.7 Å². The molecule has 2 rings (SSSR count). The van der Waals surface area contributed by atoms with Crippen molar-refractivity contribution < 1.29 is 0 Å². The van der Waals surface area contributed by atoms with E-state index in [4.69, 9.17) is 0 Å². The van der Waals surface area contributed by atoms with E-state index in [1.54, 1.807) is 23.1 Å². The summed E-state index contributed by atoms with van der Waals surface area (Å²) in [5, 5.41) is 8.49. The number of hydrogen-bond donors (Lipinski definition) is 2. The van der Waals surface area contributed by atoms with Crippen LogP contribution in [-0.2, 0) is 13.0 Å². The van der Waals surface area contributed by atoms with Gasteiger partial charge in [-0.25, -0.2) is 15.0 Å². The molecule has 0 spiro atoms. The molecule has 0 radical (unpaired) electrons. The first-order valence-electron chi connectivity index (χ1n) is 7.09. The Morgan fingerprint density at radius 1 is 1.19 bits per heavy atom. The van der Waals surface area contributed by atoms with Crippen molar-refractivity contribution in [2.75, 3.05) is 23.4 Å². The van der Waals surface area contributed by atoms with Gasteiger partial charge in [0.1, 0.15) is 16.6 Å². The first-order chi connectivity index (χ1) is 10.2. The van der Waals surface area contributed by atoms with Gasteiger partial charge < -0.3 is 10.6 Å². The fourth-order valence-electron chi connectivity index (χ4n) is 1.71. The summed E-state index contributed by atoms with van der Waals surface area (Å²) in [5.74, 6) is 1.70. The summed E-state index contributed by atoms with van der Waals surface area (Å²) in [6, 6.07) is 1.95. The molecule has 0 aliphatic rings. The van der Waals surface area contributed by atoms with Gasteiger partial charge in [0.25, 0.3) is 0 Å². The van der Waals surface area contributed by atoms with Crippen LogP contribution in [0.2, 0.25) is 0 Å². The molecular weight excluding hydrogens is 302 g/mol. The van der Waals surface area contributed by atoms with E-state index in [1.165, 1.54) is 4.88 Å². The highest BCUT2D eigenvalue weighted by molar-refractivity contribution is 7.98. The fourth-order valence-corrected chi connectivity index (χ4v) is 2.89. The van der Waals surface area contributed by atoms with E-state index < -0.39 is 0 Å². The second kappa shape index (κ2) is 8.19. The minimum absolute atomic E-state index is 0.697. The Labute approximate surface area is 134 Å². The number of anilines is 2. The molecule has 7 heteroatoms. The molecule has 0 amide bonds. The molecule has 0 aliphatic carbocycles. The van der Waals surface area contributed by atoms with E-state index in [0.29, 0.717) is 6.54 Å². The molecular formula is C14H21N5S2. The van der Waals surface area contributed by atoms with Crippen LogP contribution in [0, 0.1) is 0 Å². The van der Waals surface area contributed by atoms with Crippen molar-refractivity contribution in [2.45, 2.75) is 38.4 Å². The van der Waals surface area contributed by atoms with Crippen LogP contribution < -0.4 is 10.6 Å². The van der Waals surface area contributed by atoms with Gasteiger partial charge in [0.2, 0.25) is 0 Å². The maximum atomic E-state index is 4.48. The summed E-state index contributed by atoms with van der Waals surface area (Å²) < 4.78 is 0. The van der Waals surface area contributed by atoms with Crippen molar-refractivity contribution in [3.8, 4) is 0 Å². The predicted molar refractivity (Wildman–Crippen MR) is 91.4 cm³/mol. The summed E-state index contributed by atoms with van der Waals surface area (Å²) in [6.45, 7) is 5.89. The molecule has 21 heavy (non-hydrogen) atoms. The molecule has 0 saturated heterocycles. The molecule has 0 fully saturated rings. The van der Waals surface area contributed by atoms with Crippen molar-refractivity contribution in [1.29, 1.82) is 0 Å². The Bertz CT molecular complexity index is 570. The SMILES string of the molecule is CCCNc1cc(NCc2ncc(CC)s2)nc(SC)n1. The lowest BCUT2D eigenvalue weighted by Crippen LogP contribution is -2.07. The average molecular weight is 323 g/mol.